The molecule has 2 aromatic rings. The maximum Gasteiger partial charge on any atom is 0.165 e. The molecule has 0 aliphatic carbocycles. The van der Waals surface area contributed by atoms with Gasteiger partial charge in [-0.3, -0.25) is 0 Å². The molecule has 0 fully saturated rings. The second kappa shape index (κ2) is 7.07. The number of aryl methyl sites for hydroxylation is 3. The number of rotatable bonds is 3. The molecule has 0 atom stereocenters. The largest absolute Gasteiger partial charge is 0.382 e. The Labute approximate surface area is 115 Å². The van der Waals surface area contributed by atoms with E-state index in [1.807, 2.05) is 6.92 Å². The lowest BCUT2D eigenvalue weighted by Crippen LogP contribution is -2.03. The molecule has 0 aliphatic heterocycles. The van der Waals surface area contributed by atoms with E-state index in [1.165, 1.54) is 6.42 Å². The zero-order chi connectivity index (χ0) is 14.4. The summed E-state index contributed by atoms with van der Waals surface area (Å²) < 4.78 is 2.06. The molecule has 0 radical (unpaired) electrons. The summed E-state index contributed by atoms with van der Waals surface area (Å²) in [5.41, 5.74) is 7.48. The van der Waals surface area contributed by atoms with Crippen molar-refractivity contribution >= 4 is 17.0 Å². The molecule has 2 N–H and O–H groups in total. The van der Waals surface area contributed by atoms with Crippen LogP contribution in [0.3, 0.4) is 0 Å². The van der Waals surface area contributed by atoms with Crippen LogP contribution in [-0.2, 0) is 13.0 Å². The van der Waals surface area contributed by atoms with Crippen molar-refractivity contribution in [3.05, 3.63) is 11.6 Å². The molecule has 0 spiro atoms. The molecule has 0 aliphatic rings. The van der Waals surface area contributed by atoms with E-state index >= 15 is 0 Å². The van der Waals surface area contributed by atoms with E-state index in [1.54, 1.807) is 0 Å². The zero-order valence-electron chi connectivity index (χ0n) is 12.7. The van der Waals surface area contributed by atoms with Crippen LogP contribution in [0.1, 0.15) is 52.2 Å². The predicted octanol–water partition coefficient (Wildman–Crippen LogP) is 3.11. The Morgan fingerprint density at radius 3 is 2.21 bits per heavy atom. The van der Waals surface area contributed by atoms with Crippen LogP contribution in [-0.4, -0.2) is 19.5 Å². The van der Waals surface area contributed by atoms with Gasteiger partial charge in [-0.05, 0) is 20.3 Å². The Hall–Kier alpha value is -1.65. The van der Waals surface area contributed by atoms with Crippen LogP contribution in [0.15, 0.2) is 0 Å². The molecule has 2 heterocycles. The first-order valence-electron chi connectivity index (χ1n) is 7.08. The van der Waals surface area contributed by atoms with Gasteiger partial charge in [0.25, 0.3) is 0 Å². The number of hydrogen-bond donors (Lipinski definition) is 1. The second-order valence-corrected chi connectivity index (χ2v) is 4.56. The van der Waals surface area contributed by atoms with Crippen molar-refractivity contribution in [3.63, 3.8) is 0 Å². The number of hydrogen-bond acceptors (Lipinski definition) is 4. The van der Waals surface area contributed by atoms with E-state index in [0.717, 1.165) is 42.2 Å². The van der Waals surface area contributed by atoms with Crippen LogP contribution in [0.25, 0.3) is 11.2 Å². The molecule has 5 nitrogen and oxygen atoms in total. The first-order chi connectivity index (χ1) is 9.08. The molecule has 0 saturated heterocycles. The summed E-state index contributed by atoms with van der Waals surface area (Å²) in [7, 11) is 0. The van der Waals surface area contributed by atoms with Gasteiger partial charge in [0.05, 0.1) is 0 Å². The van der Waals surface area contributed by atoms with Gasteiger partial charge in [-0.2, -0.15) is 0 Å². The minimum Gasteiger partial charge on any atom is -0.382 e. The molecule has 19 heavy (non-hydrogen) atoms. The van der Waals surface area contributed by atoms with Crippen molar-refractivity contribution in [2.24, 2.45) is 0 Å². The van der Waals surface area contributed by atoms with Gasteiger partial charge in [0.15, 0.2) is 17.0 Å². The molecular weight excluding hydrogens is 238 g/mol. The van der Waals surface area contributed by atoms with Gasteiger partial charge in [-0.25, -0.2) is 15.0 Å². The minimum atomic E-state index is 0.490. The average molecular weight is 263 g/mol. The van der Waals surface area contributed by atoms with E-state index in [4.69, 9.17) is 5.73 Å². The average Bonchev–Trinajstić information content (AvgIpc) is 2.67. The number of nitrogen functional groups attached to an aromatic ring is 1. The summed E-state index contributed by atoms with van der Waals surface area (Å²) in [6.07, 6.45) is 3.12. The summed E-state index contributed by atoms with van der Waals surface area (Å²) in [6.45, 7) is 11.2. The van der Waals surface area contributed by atoms with Gasteiger partial charge in [0, 0.05) is 13.0 Å². The smallest absolute Gasteiger partial charge is 0.165 e. The van der Waals surface area contributed by atoms with E-state index in [0.29, 0.717) is 5.82 Å². The predicted molar refractivity (Wildman–Crippen MR) is 80.1 cm³/mol. The number of aromatic nitrogens is 4. The number of fused-ring (bicyclic) bond motifs is 1. The fourth-order valence-electron chi connectivity index (χ4n) is 1.89. The quantitative estimate of drug-likeness (QED) is 0.923. The minimum absolute atomic E-state index is 0.490. The van der Waals surface area contributed by atoms with Crippen molar-refractivity contribution < 1.29 is 0 Å². The molecule has 0 saturated carbocycles. The summed E-state index contributed by atoms with van der Waals surface area (Å²) in [5, 5.41) is 0. The monoisotopic (exact) mass is 263 g/mol. The van der Waals surface area contributed by atoms with E-state index in [9.17, 15) is 0 Å². The van der Waals surface area contributed by atoms with E-state index in [-0.39, 0.29) is 0 Å². The molecule has 2 aromatic heterocycles. The van der Waals surface area contributed by atoms with Gasteiger partial charge in [0.1, 0.15) is 11.6 Å². The lowest BCUT2D eigenvalue weighted by Gasteiger charge is -2.03. The van der Waals surface area contributed by atoms with Crippen LogP contribution in [0, 0.1) is 6.92 Å². The maximum absolute atomic E-state index is 5.90. The number of nitrogens with two attached hydrogens (primary N) is 1. The van der Waals surface area contributed by atoms with Gasteiger partial charge in [0.2, 0.25) is 0 Å². The molecule has 0 amide bonds. The SMILES string of the molecule is CCC.CCCc1nc(N)c2nc(C)n(CC)c2n1. The molecule has 2 rings (SSSR count). The first kappa shape index (κ1) is 15.4. The molecule has 0 bridgehead atoms. The van der Waals surface area contributed by atoms with Crippen molar-refractivity contribution in [2.75, 3.05) is 5.73 Å². The topological polar surface area (TPSA) is 69.6 Å². The molecule has 0 unspecified atom stereocenters. The Morgan fingerprint density at radius 1 is 1.05 bits per heavy atom. The number of imidazole rings is 1. The highest BCUT2D eigenvalue weighted by atomic mass is 15.2. The summed E-state index contributed by atoms with van der Waals surface area (Å²) in [4.78, 5) is 13.2. The summed E-state index contributed by atoms with van der Waals surface area (Å²) in [5.74, 6) is 2.23. The van der Waals surface area contributed by atoms with Gasteiger partial charge in [-0.15, -0.1) is 0 Å². The Balaban J connectivity index is 0.000000550. The Kier molecular flexibility index (Phi) is 5.73. The van der Waals surface area contributed by atoms with Crippen LogP contribution in [0.2, 0.25) is 0 Å². The zero-order valence-corrected chi connectivity index (χ0v) is 12.7. The number of nitrogens with zero attached hydrogens (tertiary/aromatic N) is 4. The maximum atomic E-state index is 5.90. The van der Waals surface area contributed by atoms with Crippen LogP contribution >= 0.6 is 0 Å². The second-order valence-electron chi connectivity index (χ2n) is 4.56. The van der Waals surface area contributed by atoms with Crippen molar-refractivity contribution in [1.29, 1.82) is 0 Å². The third kappa shape index (κ3) is 3.43. The molecule has 0 aromatic carbocycles. The Morgan fingerprint density at radius 2 is 1.68 bits per heavy atom. The molecule has 5 heteroatoms. The van der Waals surface area contributed by atoms with E-state index in [2.05, 4.69) is 47.2 Å². The van der Waals surface area contributed by atoms with Gasteiger partial charge < -0.3 is 10.3 Å². The van der Waals surface area contributed by atoms with E-state index < -0.39 is 0 Å². The fourth-order valence-corrected chi connectivity index (χ4v) is 1.89. The summed E-state index contributed by atoms with van der Waals surface area (Å²) >= 11 is 0. The summed E-state index contributed by atoms with van der Waals surface area (Å²) in [6, 6.07) is 0. The van der Waals surface area contributed by atoms with Crippen LogP contribution in [0.4, 0.5) is 5.82 Å². The van der Waals surface area contributed by atoms with Crippen LogP contribution in [0.5, 0.6) is 0 Å². The highest BCUT2D eigenvalue weighted by molar-refractivity contribution is 5.82. The third-order valence-electron chi connectivity index (χ3n) is 2.65. The molecular formula is C14H25N5. The highest BCUT2D eigenvalue weighted by Gasteiger charge is 2.12. The van der Waals surface area contributed by atoms with Crippen molar-refractivity contribution in [2.45, 2.75) is 60.4 Å². The van der Waals surface area contributed by atoms with Gasteiger partial charge in [-0.1, -0.05) is 27.2 Å². The van der Waals surface area contributed by atoms with Crippen LogP contribution < -0.4 is 5.73 Å². The lowest BCUT2D eigenvalue weighted by molar-refractivity contribution is 0.739. The standard InChI is InChI=1S/C11H17N5.C3H8/c1-4-6-8-14-10(12)9-11(15-8)16(5-2)7(3)13-9;1-3-2/h4-6H2,1-3H3,(H2,12,14,15);3H2,1-2H3. The third-order valence-corrected chi connectivity index (χ3v) is 2.65. The number of anilines is 1. The lowest BCUT2D eigenvalue weighted by atomic mass is 10.3. The van der Waals surface area contributed by atoms with Crippen molar-refractivity contribution in [3.8, 4) is 0 Å². The van der Waals surface area contributed by atoms with Gasteiger partial charge >= 0.3 is 0 Å². The Bertz CT molecular complexity index is 530. The van der Waals surface area contributed by atoms with Crippen molar-refractivity contribution in [1.82, 2.24) is 19.5 Å². The highest BCUT2D eigenvalue weighted by Crippen LogP contribution is 2.19. The molecule has 106 valence electrons. The normalized spacial score (nSPS) is 10.4. The first-order valence-corrected chi connectivity index (χ1v) is 7.08. The fraction of sp³-hybridized carbons (Fsp3) is 0.643.